The van der Waals surface area contributed by atoms with Crippen LogP contribution in [0.3, 0.4) is 0 Å². The Morgan fingerprint density at radius 1 is 1.44 bits per heavy atom. The zero-order valence-corrected chi connectivity index (χ0v) is 9.46. The molecule has 1 fully saturated rings. The van der Waals surface area contributed by atoms with Crippen LogP contribution < -0.4 is 10.6 Å². The van der Waals surface area contributed by atoms with Crippen molar-refractivity contribution in [2.75, 3.05) is 18.4 Å². The third-order valence-electron chi connectivity index (χ3n) is 2.75. The van der Waals surface area contributed by atoms with Crippen LogP contribution in [0.5, 0.6) is 0 Å². The van der Waals surface area contributed by atoms with Crippen molar-refractivity contribution in [3.05, 3.63) is 30.6 Å². The van der Waals surface area contributed by atoms with Crippen molar-refractivity contribution in [1.29, 1.82) is 0 Å². The number of aromatic nitrogens is 2. The number of urea groups is 2. The number of anilines is 1. The molecule has 92 valence electrons. The molecule has 0 bridgehead atoms. The van der Waals surface area contributed by atoms with Gasteiger partial charge in [0, 0.05) is 31.2 Å². The number of hydrogen-bond donors (Lipinski definition) is 2. The summed E-state index contributed by atoms with van der Waals surface area (Å²) in [6.45, 7) is 0.882. The van der Waals surface area contributed by atoms with Gasteiger partial charge in [0.15, 0.2) is 0 Å². The normalized spacial score (nSPS) is 14.9. The van der Waals surface area contributed by atoms with Crippen molar-refractivity contribution in [3.8, 4) is 0 Å². The maximum atomic E-state index is 11.8. The maximum Gasteiger partial charge on any atom is 0.330 e. The van der Waals surface area contributed by atoms with Crippen LogP contribution >= 0.6 is 0 Å². The van der Waals surface area contributed by atoms with Crippen molar-refractivity contribution in [2.24, 2.45) is 0 Å². The second-order valence-electron chi connectivity index (χ2n) is 3.93. The van der Waals surface area contributed by atoms with E-state index in [1.165, 1.54) is 0 Å². The number of nitrogens with zero attached hydrogens (tertiary/aromatic N) is 3. The van der Waals surface area contributed by atoms with Crippen LogP contribution in [0.2, 0.25) is 0 Å². The van der Waals surface area contributed by atoms with Gasteiger partial charge in [-0.1, -0.05) is 0 Å². The molecule has 0 atom stereocenters. The van der Waals surface area contributed by atoms with Gasteiger partial charge in [0.2, 0.25) is 0 Å². The molecular weight excluding hydrogens is 234 g/mol. The Labute approximate surface area is 102 Å². The largest absolute Gasteiger partial charge is 0.336 e. The van der Waals surface area contributed by atoms with Gasteiger partial charge in [0.05, 0.1) is 5.52 Å². The second kappa shape index (κ2) is 4.02. The summed E-state index contributed by atoms with van der Waals surface area (Å²) in [7, 11) is 0. The summed E-state index contributed by atoms with van der Waals surface area (Å²) in [6.07, 6.45) is 3.42. The molecule has 0 unspecified atom stereocenters. The Morgan fingerprint density at radius 2 is 2.33 bits per heavy atom. The predicted molar refractivity (Wildman–Crippen MR) is 64.3 cm³/mol. The summed E-state index contributed by atoms with van der Waals surface area (Å²) in [6, 6.07) is 4.56. The van der Waals surface area contributed by atoms with E-state index in [1.54, 1.807) is 29.0 Å². The highest BCUT2D eigenvalue weighted by atomic mass is 16.2. The van der Waals surface area contributed by atoms with Crippen LogP contribution in [-0.4, -0.2) is 39.7 Å². The first-order chi connectivity index (χ1) is 8.74. The molecule has 0 spiro atoms. The van der Waals surface area contributed by atoms with Gasteiger partial charge >= 0.3 is 12.1 Å². The van der Waals surface area contributed by atoms with Crippen molar-refractivity contribution in [3.63, 3.8) is 0 Å². The van der Waals surface area contributed by atoms with E-state index in [1.807, 2.05) is 6.07 Å². The summed E-state index contributed by atoms with van der Waals surface area (Å²) < 4.78 is 1.69. The molecule has 3 heterocycles. The van der Waals surface area contributed by atoms with E-state index in [0.717, 1.165) is 10.4 Å². The molecule has 3 rings (SSSR count). The maximum absolute atomic E-state index is 11.8. The Morgan fingerprint density at radius 3 is 3.11 bits per heavy atom. The average Bonchev–Trinajstić information content (AvgIpc) is 2.96. The molecule has 1 saturated heterocycles. The van der Waals surface area contributed by atoms with E-state index in [2.05, 4.69) is 15.7 Å². The number of hydrogen-bond acceptors (Lipinski definition) is 3. The van der Waals surface area contributed by atoms with Crippen LogP contribution in [0.25, 0.3) is 5.52 Å². The lowest BCUT2D eigenvalue weighted by atomic mass is 10.3. The summed E-state index contributed by atoms with van der Waals surface area (Å²) in [5, 5.41) is 9.31. The van der Waals surface area contributed by atoms with E-state index in [4.69, 9.17) is 0 Å². The van der Waals surface area contributed by atoms with Crippen LogP contribution in [0.4, 0.5) is 15.3 Å². The molecule has 0 radical (unpaired) electrons. The molecule has 0 aliphatic carbocycles. The summed E-state index contributed by atoms with van der Waals surface area (Å²) in [4.78, 5) is 24.3. The van der Waals surface area contributed by atoms with E-state index >= 15 is 0 Å². The van der Waals surface area contributed by atoms with E-state index in [-0.39, 0.29) is 6.03 Å². The fourth-order valence-electron chi connectivity index (χ4n) is 1.86. The van der Waals surface area contributed by atoms with Crippen LogP contribution in [0.15, 0.2) is 30.6 Å². The SMILES string of the molecule is O=C1NCCN1C(=O)Nc1ccn2nccc2c1. The monoisotopic (exact) mass is 245 g/mol. The summed E-state index contributed by atoms with van der Waals surface area (Å²) in [5.74, 6) is 0. The number of carbonyl (C=O) groups excluding carboxylic acids is 2. The number of carbonyl (C=O) groups is 2. The number of nitrogens with one attached hydrogen (secondary N) is 2. The lowest BCUT2D eigenvalue weighted by Crippen LogP contribution is -2.37. The first-order valence-electron chi connectivity index (χ1n) is 5.54. The zero-order chi connectivity index (χ0) is 12.5. The number of rotatable bonds is 1. The first kappa shape index (κ1) is 10.6. The minimum atomic E-state index is -0.422. The second-order valence-corrected chi connectivity index (χ2v) is 3.93. The Hall–Kier alpha value is -2.57. The number of amides is 4. The molecule has 1 aliphatic rings. The van der Waals surface area contributed by atoms with Gasteiger partial charge in [-0.2, -0.15) is 5.10 Å². The average molecular weight is 245 g/mol. The Balaban J connectivity index is 1.79. The van der Waals surface area contributed by atoms with Gasteiger partial charge in [0.1, 0.15) is 0 Å². The molecule has 2 N–H and O–H groups in total. The van der Waals surface area contributed by atoms with E-state index < -0.39 is 6.03 Å². The zero-order valence-electron chi connectivity index (χ0n) is 9.46. The molecule has 18 heavy (non-hydrogen) atoms. The van der Waals surface area contributed by atoms with Gasteiger partial charge in [-0.15, -0.1) is 0 Å². The third-order valence-corrected chi connectivity index (χ3v) is 2.75. The predicted octanol–water partition coefficient (Wildman–Crippen LogP) is 0.891. The highest BCUT2D eigenvalue weighted by Crippen LogP contribution is 2.12. The number of imide groups is 1. The van der Waals surface area contributed by atoms with E-state index in [0.29, 0.717) is 18.8 Å². The lowest BCUT2D eigenvalue weighted by Gasteiger charge is -2.13. The molecule has 2 aromatic heterocycles. The molecule has 0 saturated carbocycles. The van der Waals surface area contributed by atoms with Gasteiger partial charge < -0.3 is 10.6 Å². The first-order valence-corrected chi connectivity index (χ1v) is 5.54. The van der Waals surface area contributed by atoms with Crippen LogP contribution in [0.1, 0.15) is 0 Å². The topological polar surface area (TPSA) is 78.7 Å². The highest BCUT2D eigenvalue weighted by molar-refractivity contribution is 6.01. The van der Waals surface area contributed by atoms with E-state index in [9.17, 15) is 9.59 Å². The standard InChI is InChI=1S/C11H11N5O2/c17-10-12-4-6-15(10)11(18)14-8-2-5-16-9(7-8)1-3-13-16/h1-3,5,7H,4,6H2,(H,12,17)(H,14,18). The van der Waals surface area contributed by atoms with Crippen molar-refractivity contribution >= 4 is 23.3 Å². The van der Waals surface area contributed by atoms with Gasteiger partial charge in [-0.05, 0) is 18.2 Å². The van der Waals surface area contributed by atoms with Gasteiger partial charge in [-0.25, -0.2) is 19.0 Å². The van der Waals surface area contributed by atoms with Gasteiger partial charge in [0.25, 0.3) is 0 Å². The Kier molecular flexibility index (Phi) is 2.36. The molecule has 7 nitrogen and oxygen atoms in total. The molecule has 4 amide bonds. The number of fused-ring (bicyclic) bond motifs is 1. The van der Waals surface area contributed by atoms with Crippen LogP contribution in [-0.2, 0) is 0 Å². The molecule has 0 aromatic carbocycles. The highest BCUT2D eigenvalue weighted by Gasteiger charge is 2.25. The quantitative estimate of drug-likeness (QED) is 0.783. The smallest absolute Gasteiger partial charge is 0.330 e. The summed E-state index contributed by atoms with van der Waals surface area (Å²) in [5.41, 5.74) is 1.51. The molecule has 7 heteroatoms. The van der Waals surface area contributed by atoms with Gasteiger partial charge in [-0.3, -0.25) is 0 Å². The van der Waals surface area contributed by atoms with Crippen LogP contribution in [0, 0.1) is 0 Å². The third kappa shape index (κ3) is 1.75. The molecule has 2 aromatic rings. The molecular formula is C11H11N5O2. The van der Waals surface area contributed by atoms with Crippen molar-refractivity contribution in [2.45, 2.75) is 0 Å². The fraction of sp³-hybridized carbons (Fsp3) is 0.182. The minimum Gasteiger partial charge on any atom is -0.336 e. The van der Waals surface area contributed by atoms with Crippen molar-refractivity contribution < 1.29 is 9.59 Å². The fourth-order valence-corrected chi connectivity index (χ4v) is 1.86. The summed E-state index contributed by atoms with van der Waals surface area (Å²) >= 11 is 0. The Bertz CT molecular complexity index is 621. The lowest BCUT2D eigenvalue weighted by molar-refractivity contribution is 0.207. The van der Waals surface area contributed by atoms with Crippen molar-refractivity contribution in [1.82, 2.24) is 19.8 Å². The molecule has 1 aliphatic heterocycles. The minimum absolute atomic E-state index is 0.363. The number of pyridine rings is 1.